The molecule has 0 saturated heterocycles. The summed E-state index contributed by atoms with van der Waals surface area (Å²) in [7, 11) is 0. The highest BCUT2D eigenvalue weighted by molar-refractivity contribution is 9.09. The molecule has 0 amide bonds. The van der Waals surface area contributed by atoms with Crippen LogP contribution in [0.15, 0.2) is 90.6 Å². The highest BCUT2D eigenvalue weighted by Crippen LogP contribution is 2.50. The standard InChI is InChI=1S/C27H35BrO2S.C2H6/c1-4-5-9-15-22(2)27(25-18-12-8-13-19-25,24-16-10-6-7-11-17-24)31-21-14-20-30-26(29)23(3)28;1-2/h4,6,8,10-13,15-19,23,26,29H,1,5,7,9,14,20-21H2,2-3H3;1-2H3/b22-15+;. The molecule has 0 aliphatic heterocycles. The quantitative estimate of drug-likeness (QED) is 0.119. The second-order valence-corrected chi connectivity index (χ2v) is 10.4. The normalized spacial score (nSPS) is 17.2. The zero-order valence-electron chi connectivity index (χ0n) is 20.7. The van der Waals surface area contributed by atoms with Crippen molar-refractivity contribution in [3.05, 3.63) is 96.2 Å². The van der Waals surface area contributed by atoms with Crippen molar-refractivity contribution in [2.24, 2.45) is 0 Å². The van der Waals surface area contributed by atoms with Gasteiger partial charge in [-0.3, -0.25) is 0 Å². The first-order valence-electron chi connectivity index (χ1n) is 12.0. The molecule has 4 heteroatoms. The topological polar surface area (TPSA) is 29.5 Å². The van der Waals surface area contributed by atoms with Crippen LogP contribution in [0.3, 0.4) is 0 Å². The number of benzene rings is 1. The van der Waals surface area contributed by atoms with Gasteiger partial charge < -0.3 is 9.84 Å². The van der Waals surface area contributed by atoms with Gasteiger partial charge in [0.2, 0.25) is 0 Å². The summed E-state index contributed by atoms with van der Waals surface area (Å²) in [4.78, 5) is -0.0772. The van der Waals surface area contributed by atoms with Gasteiger partial charge in [0.25, 0.3) is 0 Å². The van der Waals surface area contributed by atoms with Crippen molar-refractivity contribution in [2.75, 3.05) is 12.4 Å². The summed E-state index contributed by atoms with van der Waals surface area (Å²) in [5, 5.41) is 9.89. The highest BCUT2D eigenvalue weighted by atomic mass is 79.9. The second-order valence-electron chi connectivity index (χ2n) is 7.63. The maximum Gasteiger partial charge on any atom is 0.166 e. The Hall–Kier alpha value is -1.33. The van der Waals surface area contributed by atoms with Crippen LogP contribution in [0.4, 0.5) is 0 Å². The summed E-state index contributed by atoms with van der Waals surface area (Å²) >= 11 is 5.31. The molecule has 1 aromatic carbocycles. The lowest BCUT2D eigenvalue weighted by Gasteiger charge is -2.37. The minimum Gasteiger partial charge on any atom is -0.367 e. The molecule has 1 aromatic rings. The summed E-state index contributed by atoms with van der Waals surface area (Å²) in [6.45, 7) is 12.5. The third-order valence-electron chi connectivity index (χ3n) is 5.23. The van der Waals surface area contributed by atoms with Crippen LogP contribution in [0.25, 0.3) is 0 Å². The second kappa shape index (κ2) is 17.2. The van der Waals surface area contributed by atoms with E-state index in [1.54, 1.807) is 0 Å². The number of halogens is 1. The van der Waals surface area contributed by atoms with Gasteiger partial charge in [0.05, 0.1) is 16.2 Å². The van der Waals surface area contributed by atoms with E-state index in [-0.39, 0.29) is 9.57 Å². The Kier molecular flexibility index (Phi) is 15.4. The van der Waals surface area contributed by atoms with E-state index in [0.717, 1.165) is 31.4 Å². The monoisotopic (exact) mass is 532 g/mol. The molecule has 0 radical (unpaired) electrons. The van der Waals surface area contributed by atoms with Crippen molar-refractivity contribution in [2.45, 2.75) is 69.2 Å². The molecule has 0 spiro atoms. The Bertz CT molecular complexity index is 795. The predicted octanol–water partition coefficient (Wildman–Crippen LogP) is 8.50. The van der Waals surface area contributed by atoms with Gasteiger partial charge in [-0.25, -0.2) is 0 Å². The van der Waals surface area contributed by atoms with E-state index in [9.17, 15) is 5.11 Å². The van der Waals surface area contributed by atoms with E-state index in [0.29, 0.717) is 6.61 Å². The van der Waals surface area contributed by atoms with Crippen LogP contribution in [-0.2, 0) is 9.48 Å². The van der Waals surface area contributed by atoms with E-state index in [1.165, 1.54) is 16.7 Å². The molecule has 0 heterocycles. The number of aliphatic hydroxyl groups excluding tert-OH is 1. The molecule has 0 aromatic heterocycles. The first-order chi connectivity index (χ1) is 16.0. The summed E-state index contributed by atoms with van der Waals surface area (Å²) in [6, 6.07) is 10.8. The van der Waals surface area contributed by atoms with Gasteiger partial charge in [-0.15, -0.1) is 18.3 Å². The lowest BCUT2D eigenvalue weighted by atomic mass is 9.83. The summed E-state index contributed by atoms with van der Waals surface area (Å²) in [5.74, 6) is 0.916. The SMILES string of the molecule is C=CCC/C=C(\C)C(SCCCOC(O)C(C)Br)(C1=CC=CCC=C1)c1ccccc1.CC. The smallest absolute Gasteiger partial charge is 0.166 e. The average Bonchev–Trinajstić information content (AvgIpc) is 3.13. The minimum absolute atomic E-state index is 0.0772. The number of hydrogen-bond donors (Lipinski definition) is 1. The lowest BCUT2D eigenvalue weighted by molar-refractivity contribution is -0.0944. The maximum absolute atomic E-state index is 9.89. The van der Waals surface area contributed by atoms with E-state index < -0.39 is 6.29 Å². The Balaban J connectivity index is 0.00000265. The zero-order chi connectivity index (χ0) is 24.5. The van der Waals surface area contributed by atoms with Gasteiger partial charge in [0, 0.05) is 0 Å². The number of aliphatic hydroxyl groups is 1. The zero-order valence-corrected chi connectivity index (χ0v) is 23.1. The third kappa shape index (κ3) is 9.44. The fourth-order valence-corrected chi connectivity index (χ4v) is 5.21. The van der Waals surface area contributed by atoms with Crippen LogP contribution >= 0.6 is 27.7 Å². The van der Waals surface area contributed by atoms with Crippen molar-refractivity contribution < 1.29 is 9.84 Å². The van der Waals surface area contributed by atoms with Crippen molar-refractivity contribution >= 4 is 27.7 Å². The lowest BCUT2D eigenvalue weighted by Crippen LogP contribution is -2.27. The molecular weight excluding hydrogens is 492 g/mol. The number of rotatable bonds is 13. The number of ether oxygens (including phenoxy) is 1. The Morgan fingerprint density at radius 1 is 1.24 bits per heavy atom. The Morgan fingerprint density at radius 2 is 1.97 bits per heavy atom. The number of thioether (sulfide) groups is 1. The van der Waals surface area contributed by atoms with Gasteiger partial charge in [0.1, 0.15) is 0 Å². The van der Waals surface area contributed by atoms with Crippen LogP contribution in [0, 0.1) is 0 Å². The van der Waals surface area contributed by atoms with E-state index >= 15 is 0 Å². The van der Waals surface area contributed by atoms with Crippen LogP contribution in [-0.4, -0.2) is 28.6 Å². The van der Waals surface area contributed by atoms with Gasteiger partial charge >= 0.3 is 0 Å². The molecule has 1 N–H and O–H groups in total. The van der Waals surface area contributed by atoms with Crippen molar-refractivity contribution in [1.29, 1.82) is 0 Å². The van der Waals surface area contributed by atoms with Crippen LogP contribution in [0.1, 0.15) is 58.9 Å². The Morgan fingerprint density at radius 3 is 2.64 bits per heavy atom. The van der Waals surface area contributed by atoms with E-state index in [2.05, 4.69) is 96.2 Å². The number of alkyl halides is 1. The summed E-state index contributed by atoms with van der Waals surface area (Å²) in [5.41, 5.74) is 3.92. The van der Waals surface area contributed by atoms with Crippen molar-refractivity contribution in [3.8, 4) is 0 Å². The van der Waals surface area contributed by atoms with E-state index in [4.69, 9.17) is 4.74 Å². The molecule has 33 heavy (non-hydrogen) atoms. The van der Waals surface area contributed by atoms with Crippen LogP contribution < -0.4 is 0 Å². The molecule has 0 saturated carbocycles. The predicted molar refractivity (Wildman–Crippen MR) is 151 cm³/mol. The molecule has 2 rings (SSSR count). The Labute approximate surface area is 214 Å². The van der Waals surface area contributed by atoms with Crippen molar-refractivity contribution in [1.82, 2.24) is 0 Å². The average molecular weight is 534 g/mol. The highest BCUT2D eigenvalue weighted by Gasteiger charge is 2.37. The van der Waals surface area contributed by atoms with Gasteiger partial charge in [-0.05, 0) is 56.4 Å². The molecule has 3 atom stereocenters. The first kappa shape index (κ1) is 29.7. The number of allylic oxidation sites excluding steroid dienone is 7. The van der Waals surface area contributed by atoms with Crippen LogP contribution in [0.2, 0.25) is 0 Å². The molecule has 3 unspecified atom stereocenters. The molecular formula is C29H41BrO2S. The van der Waals surface area contributed by atoms with E-state index in [1.807, 2.05) is 38.6 Å². The summed E-state index contributed by atoms with van der Waals surface area (Å²) < 4.78 is 5.29. The van der Waals surface area contributed by atoms with Crippen molar-refractivity contribution in [3.63, 3.8) is 0 Å². The molecule has 182 valence electrons. The van der Waals surface area contributed by atoms with Gasteiger partial charge in [-0.1, -0.05) is 108 Å². The number of unbranched alkanes of at least 4 members (excludes halogenated alkanes) is 1. The molecule has 2 nitrogen and oxygen atoms in total. The first-order valence-corrected chi connectivity index (χ1v) is 13.9. The third-order valence-corrected chi connectivity index (χ3v) is 7.41. The molecule has 0 fully saturated rings. The van der Waals surface area contributed by atoms with Gasteiger partial charge in [-0.2, -0.15) is 0 Å². The van der Waals surface area contributed by atoms with Crippen LogP contribution in [0.5, 0.6) is 0 Å². The molecule has 0 bridgehead atoms. The van der Waals surface area contributed by atoms with Gasteiger partial charge in [0.15, 0.2) is 6.29 Å². The molecule has 1 aliphatic rings. The largest absolute Gasteiger partial charge is 0.367 e. The number of hydrogen-bond acceptors (Lipinski definition) is 3. The maximum atomic E-state index is 9.89. The molecule has 1 aliphatic carbocycles. The fourth-order valence-electron chi connectivity index (χ4n) is 3.57. The minimum atomic E-state index is -0.776. The summed E-state index contributed by atoms with van der Waals surface area (Å²) in [6.07, 6.45) is 18.4. The fraction of sp³-hybridized carbons (Fsp3) is 0.448.